The van der Waals surface area contributed by atoms with Crippen molar-refractivity contribution in [2.24, 2.45) is 0 Å². The summed E-state index contributed by atoms with van der Waals surface area (Å²) in [4.78, 5) is 2.73. The maximum absolute atomic E-state index is 3.64. The largest absolute Gasteiger partial charge is 0.315 e. The molecule has 0 heterocycles. The highest BCUT2D eigenvalue weighted by Gasteiger charge is 2.30. The number of hydrogen-bond acceptors (Lipinski definition) is 3. The van der Waals surface area contributed by atoms with Crippen LogP contribution in [0.4, 0.5) is 0 Å². The first-order valence-corrected chi connectivity index (χ1v) is 10.3. The average Bonchev–Trinajstić information content (AvgIpc) is 3.03. The Balaban J connectivity index is 1.58. The Kier molecular flexibility index (Phi) is 7.94. The number of nitrogens with one attached hydrogen (secondary N) is 1. The summed E-state index contributed by atoms with van der Waals surface area (Å²) in [5.41, 5.74) is 1.72. The number of nitrogens with zero attached hydrogens (tertiary/aromatic N) is 1. The summed E-state index contributed by atoms with van der Waals surface area (Å²) >= 11 is 2.02. The van der Waals surface area contributed by atoms with Gasteiger partial charge in [-0.1, -0.05) is 43.2 Å². The van der Waals surface area contributed by atoms with Crippen LogP contribution in [-0.2, 0) is 5.75 Å². The molecule has 0 saturated heterocycles. The van der Waals surface area contributed by atoms with Crippen LogP contribution in [0.15, 0.2) is 30.3 Å². The fourth-order valence-electron chi connectivity index (χ4n) is 3.51. The van der Waals surface area contributed by atoms with Gasteiger partial charge in [0.15, 0.2) is 0 Å². The summed E-state index contributed by atoms with van der Waals surface area (Å²) in [6.45, 7) is 10.5. The normalized spacial score (nSPS) is 16.3. The molecule has 1 N–H and O–H groups in total. The van der Waals surface area contributed by atoms with Crippen molar-refractivity contribution < 1.29 is 0 Å². The molecule has 0 amide bonds. The molecule has 0 atom stereocenters. The molecule has 1 aliphatic carbocycles. The van der Waals surface area contributed by atoms with Gasteiger partial charge in [-0.25, -0.2) is 0 Å². The van der Waals surface area contributed by atoms with Gasteiger partial charge in [-0.2, -0.15) is 11.8 Å². The fourth-order valence-corrected chi connectivity index (χ4v) is 4.38. The highest BCUT2D eigenvalue weighted by molar-refractivity contribution is 7.98. The summed E-state index contributed by atoms with van der Waals surface area (Å²) < 4.78 is 0. The number of hydrogen-bond donors (Lipinski definition) is 1. The van der Waals surface area contributed by atoms with Crippen molar-refractivity contribution in [3.05, 3.63) is 35.9 Å². The van der Waals surface area contributed by atoms with Crippen molar-refractivity contribution in [1.29, 1.82) is 0 Å². The van der Waals surface area contributed by atoms with Crippen LogP contribution >= 0.6 is 11.8 Å². The highest BCUT2D eigenvalue weighted by Crippen LogP contribution is 2.28. The van der Waals surface area contributed by atoms with Crippen LogP contribution in [-0.4, -0.2) is 41.9 Å². The molecule has 0 radical (unpaired) electrons. The summed E-state index contributed by atoms with van der Waals surface area (Å²) in [6.07, 6.45) is 5.62. The van der Waals surface area contributed by atoms with Crippen LogP contribution in [0, 0.1) is 0 Å². The van der Waals surface area contributed by atoms with Gasteiger partial charge in [0.1, 0.15) is 0 Å². The van der Waals surface area contributed by atoms with E-state index in [4.69, 9.17) is 0 Å². The standard InChI is InChI=1S/C20H34N2S/c1-20(2,3)22(19-11-7-8-12-19)15-13-21-14-16-23-17-18-9-5-4-6-10-18/h4-6,9-10,19,21H,7-8,11-17H2,1-3H3. The summed E-state index contributed by atoms with van der Waals surface area (Å²) in [5.74, 6) is 2.31. The van der Waals surface area contributed by atoms with E-state index < -0.39 is 0 Å². The lowest BCUT2D eigenvalue weighted by Gasteiger charge is -2.40. The lowest BCUT2D eigenvalue weighted by molar-refractivity contribution is 0.0856. The zero-order valence-electron chi connectivity index (χ0n) is 15.2. The van der Waals surface area contributed by atoms with Crippen molar-refractivity contribution in [3.63, 3.8) is 0 Å². The van der Waals surface area contributed by atoms with Crippen LogP contribution in [0.2, 0.25) is 0 Å². The average molecular weight is 335 g/mol. The monoisotopic (exact) mass is 334 g/mol. The molecule has 3 heteroatoms. The van der Waals surface area contributed by atoms with Crippen molar-refractivity contribution in [2.45, 2.75) is 63.8 Å². The van der Waals surface area contributed by atoms with Gasteiger partial charge in [0.25, 0.3) is 0 Å². The van der Waals surface area contributed by atoms with Crippen molar-refractivity contribution in [1.82, 2.24) is 10.2 Å². The molecule has 1 saturated carbocycles. The number of rotatable bonds is 9. The second kappa shape index (κ2) is 9.71. The molecule has 1 fully saturated rings. The van der Waals surface area contributed by atoms with Crippen molar-refractivity contribution >= 4 is 11.8 Å². The van der Waals surface area contributed by atoms with Crippen LogP contribution < -0.4 is 5.32 Å². The molecular formula is C20H34N2S. The van der Waals surface area contributed by atoms with Gasteiger partial charge < -0.3 is 5.32 Å². The van der Waals surface area contributed by atoms with Gasteiger partial charge in [-0.3, -0.25) is 4.90 Å². The Morgan fingerprint density at radius 1 is 1.09 bits per heavy atom. The zero-order chi connectivity index (χ0) is 16.5. The smallest absolute Gasteiger partial charge is 0.0185 e. The van der Waals surface area contributed by atoms with Crippen LogP contribution in [0.1, 0.15) is 52.0 Å². The van der Waals surface area contributed by atoms with Gasteiger partial charge in [-0.05, 0) is 39.2 Å². The molecule has 0 unspecified atom stereocenters. The van der Waals surface area contributed by atoms with Crippen LogP contribution in [0.25, 0.3) is 0 Å². The molecule has 1 aliphatic rings. The molecular weight excluding hydrogens is 300 g/mol. The lowest BCUT2D eigenvalue weighted by Crippen LogP contribution is -2.49. The Hall–Kier alpha value is -0.510. The van der Waals surface area contributed by atoms with E-state index in [9.17, 15) is 0 Å². The van der Waals surface area contributed by atoms with E-state index in [1.165, 1.54) is 43.5 Å². The van der Waals surface area contributed by atoms with E-state index in [-0.39, 0.29) is 0 Å². The molecule has 1 aromatic carbocycles. The Bertz CT molecular complexity index is 421. The van der Waals surface area contributed by atoms with Gasteiger partial charge in [0.05, 0.1) is 0 Å². The predicted molar refractivity (Wildman–Crippen MR) is 104 cm³/mol. The third-order valence-electron chi connectivity index (χ3n) is 4.69. The number of thioether (sulfide) groups is 1. The summed E-state index contributed by atoms with van der Waals surface area (Å²) in [5, 5.41) is 3.64. The van der Waals surface area contributed by atoms with Crippen molar-refractivity contribution in [2.75, 3.05) is 25.4 Å². The minimum Gasteiger partial charge on any atom is -0.315 e. The second-order valence-electron chi connectivity index (χ2n) is 7.59. The first kappa shape index (κ1) is 18.8. The number of benzene rings is 1. The quantitative estimate of drug-likeness (QED) is 0.667. The minimum atomic E-state index is 0.290. The van der Waals surface area contributed by atoms with Gasteiger partial charge in [0.2, 0.25) is 0 Å². The van der Waals surface area contributed by atoms with E-state index in [1.54, 1.807) is 0 Å². The van der Waals surface area contributed by atoms with Gasteiger partial charge in [-0.15, -0.1) is 0 Å². The maximum atomic E-state index is 3.64. The first-order chi connectivity index (χ1) is 11.1. The SMILES string of the molecule is CC(C)(C)N(CCNCCSCc1ccccc1)C1CCCC1. The lowest BCUT2D eigenvalue weighted by atomic mass is 10.0. The van der Waals surface area contributed by atoms with Gasteiger partial charge in [0, 0.05) is 42.7 Å². The van der Waals surface area contributed by atoms with E-state index >= 15 is 0 Å². The zero-order valence-corrected chi connectivity index (χ0v) is 16.0. The highest BCUT2D eigenvalue weighted by atomic mass is 32.2. The molecule has 0 bridgehead atoms. The predicted octanol–water partition coefficient (Wildman–Crippen LogP) is 4.55. The molecule has 2 nitrogen and oxygen atoms in total. The molecule has 130 valence electrons. The summed E-state index contributed by atoms with van der Waals surface area (Å²) in [6, 6.07) is 11.6. The van der Waals surface area contributed by atoms with Crippen LogP contribution in [0.5, 0.6) is 0 Å². The minimum absolute atomic E-state index is 0.290. The van der Waals surface area contributed by atoms with E-state index in [1.807, 2.05) is 11.8 Å². The molecule has 0 aromatic heterocycles. The Labute approximate surface area is 147 Å². The van der Waals surface area contributed by atoms with E-state index in [2.05, 4.69) is 61.3 Å². The Morgan fingerprint density at radius 3 is 2.43 bits per heavy atom. The first-order valence-electron chi connectivity index (χ1n) is 9.16. The van der Waals surface area contributed by atoms with E-state index in [0.717, 1.165) is 24.9 Å². The third kappa shape index (κ3) is 6.86. The molecule has 2 rings (SSSR count). The molecule has 23 heavy (non-hydrogen) atoms. The molecule has 1 aromatic rings. The molecule has 0 aliphatic heterocycles. The van der Waals surface area contributed by atoms with Crippen molar-refractivity contribution in [3.8, 4) is 0 Å². The topological polar surface area (TPSA) is 15.3 Å². The summed E-state index contributed by atoms with van der Waals surface area (Å²) in [7, 11) is 0. The van der Waals surface area contributed by atoms with Gasteiger partial charge >= 0.3 is 0 Å². The second-order valence-corrected chi connectivity index (χ2v) is 8.70. The maximum Gasteiger partial charge on any atom is 0.0185 e. The van der Waals surface area contributed by atoms with E-state index in [0.29, 0.717) is 5.54 Å². The molecule has 0 spiro atoms. The fraction of sp³-hybridized carbons (Fsp3) is 0.700. The van der Waals surface area contributed by atoms with Crippen LogP contribution in [0.3, 0.4) is 0 Å². The third-order valence-corrected chi connectivity index (χ3v) is 5.72. The Morgan fingerprint density at radius 2 is 1.78 bits per heavy atom.